The molecule has 0 spiro atoms. The summed E-state index contributed by atoms with van der Waals surface area (Å²) in [5, 5.41) is 4.37. The predicted molar refractivity (Wildman–Crippen MR) is 155 cm³/mol. The minimum Gasteiger partial charge on any atom is -0.353 e. The molecule has 0 bridgehead atoms. The molecule has 2 aliphatic heterocycles. The number of carbonyl (C=O) groups excluding carboxylic acids is 1. The SMILES string of the molecule is O=C(NCc1cc(Cl)cc(Cl)c1)c1cnc(N2CCN(C3CCN(Cc4ccc(F)cc4)CC3)CC2)c(Cl)c1. The molecule has 10 heteroatoms. The number of nitrogens with one attached hydrogen (secondary N) is 1. The molecule has 3 aromatic rings. The van der Waals surface area contributed by atoms with E-state index in [4.69, 9.17) is 34.8 Å². The Morgan fingerprint density at radius 2 is 1.56 bits per heavy atom. The van der Waals surface area contributed by atoms with Crippen LogP contribution in [0, 0.1) is 5.82 Å². The molecule has 0 unspecified atom stereocenters. The van der Waals surface area contributed by atoms with E-state index >= 15 is 0 Å². The molecule has 5 rings (SSSR count). The predicted octanol–water partition coefficient (Wildman–Crippen LogP) is 5.90. The normalized spacial score (nSPS) is 17.4. The Hall–Kier alpha value is -2.42. The number of pyridine rings is 1. The molecular weight excluding hydrogens is 560 g/mol. The fraction of sp³-hybridized carbons (Fsp3) is 0.379. The van der Waals surface area contributed by atoms with Crippen LogP contribution < -0.4 is 10.2 Å². The number of carbonyl (C=O) groups is 1. The molecular formula is C29H31Cl3FN5O. The van der Waals surface area contributed by atoms with Crippen LogP contribution in [0.1, 0.15) is 34.3 Å². The first-order valence-corrected chi connectivity index (χ1v) is 14.3. The number of benzene rings is 2. The molecule has 0 aliphatic carbocycles. The van der Waals surface area contributed by atoms with Gasteiger partial charge in [-0.05, 0) is 73.5 Å². The number of halogens is 4. The van der Waals surface area contributed by atoms with Crippen molar-refractivity contribution in [2.24, 2.45) is 0 Å². The van der Waals surface area contributed by atoms with Gasteiger partial charge in [-0.1, -0.05) is 46.9 Å². The summed E-state index contributed by atoms with van der Waals surface area (Å²) in [7, 11) is 0. The molecule has 2 fully saturated rings. The maximum atomic E-state index is 13.2. The van der Waals surface area contributed by atoms with Crippen LogP contribution in [-0.2, 0) is 13.1 Å². The van der Waals surface area contributed by atoms with Gasteiger partial charge >= 0.3 is 0 Å². The first-order valence-electron chi connectivity index (χ1n) is 13.2. The van der Waals surface area contributed by atoms with Crippen molar-refractivity contribution in [3.63, 3.8) is 0 Å². The fourth-order valence-corrected chi connectivity index (χ4v) is 6.23. The van der Waals surface area contributed by atoms with E-state index in [9.17, 15) is 9.18 Å². The van der Waals surface area contributed by atoms with Crippen molar-refractivity contribution >= 4 is 46.5 Å². The van der Waals surface area contributed by atoms with Crippen LogP contribution in [0.3, 0.4) is 0 Å². The molecule has 0 atom stereocenters. The van der Waals surface area contributed by atoms with Crippen LogP contribution in [0.2, 0.25) is 15.1 Å². The Balaban J connectivity index is 1.09. The van der Waals surface area contributed by atoms with Gasteiger partial charge in [0.1, 0.15) is 11.6 Å². The van der Waals surface area contributed by atoms with Gasteiger partial charge in [0, 0.05) is 61.6 Å². The smallest absolute Gasteiger partial charge is 0.253 e. The van der Waals surface area contributed by atoms with Gasteiger partial charge in [0.2, 0.25) is 0 Å². The third kappa shape index (κ3) is 7.41. The van der Waals surface area contributed by atoms with E-state index in [0.29, 0.717) is 39.0 Å². The number of rotatable bonds is 7. The highest BCUT2D eigenvalue weighted by Gasteiger charge is 2.28. The number of aromatic nitrogens is 1. The van der Waals surface area contributed by atoms with Crippen molar-refractivity contribution in [3.05, 3.63) is 92.3 Å². The van der Waals surface area contributed by atoms with Crippen molar-refractivity contribution in [3.8, 4) is 0 Å². The highest BCUT2D eigenvalue weighted by Crippen LogP contribution is 2.27. The number of hydrogen-bond donors (Lipinski definition) is 1. The number of piperidine rings is 1. The van der Waals surface area contributed by atoms with Crippen LogP contribution >= 0.6 is 34.8 Å². The number of likely N-dealkylation sites (tertiary alicyclic amines) is 1. The Kier molecular flexibility index (Phi) is 9.25. The molecule has 0 saturated carbocycles. The lowest BCUT2D eigenvalue weighted by molar-refractivity contribution is 0.0950. The lowest BCUT2D eigenvalue weighted by Crippen LogP contribution is -2.53. The maximum Gasteiger partial charge on any atom is 0.253 e. The number of anilines is 1. The van der Waals surface area contributed by atoms with E-state index in [0.717, 1.165) is 69.8 Å². The first kappa shape index (κ1) is 28.1. The van der Waals surface area contributed by atoms with E-state index in [1.807, 2.05) is 12.1 Å². The average Bonchev–Trinajstić information content (AvgIpc) is 2.93. The third-order valence-electron chi connectivity index (χ3n) is 7.47. The quantitative estimate of drug-likeness (QED) is 0.372. The van der Waals surface area contributed by atoms with Crippen molar-refractivity contribution < 1.29 is 9.18 Å². The van der Waals surface area contributed by atoms with Crippen LogP contribution in [0.25, 0.3) is 0 Å². The zero-order valence-electron chi connectivity index (χ0n) is 21.6. The van der Waals surface area contributed by atoms with Crippen LogP contribution in [0.4, 0.5) is 10.2 Å². The Bertz CT molecular complexity index is 1270. The molecule has 1 aromatic heterocycles. The van der Waals surface area contributed by atoms with E-state index in [-0.39, 0.29) is 11.7 Å². The zero-order chi connectivity index (χ0) is 27.4. The molecule has 1 amide bonds. The van der Waals surface area contributed by atoms with E-state index in [1.54, 1.807) is 30.5 Å². The molecule has 0 radical (unpaired) electrons. The fourth-order valence-electron chi connectivity index (χ4n) is 5.37. The summed E-state index contributed by atoms with van der Waals surface area (Å²) in [6.45, 7) is 6.83. The molecule has 2 aromatic carbocycles. The van der Waals surface area contributed by atoms with Crippen molar-refractivity contribution in [1.82, 2.24) is 20.1 Å². The number of amides is 1. The summed E-state index contributed by atoms with van der Waals surface area (Å²) in [4.78, 5) is 24.4. The Morgan fingerprint density at radius 3 is 2.21 bits per heavy atom. The molecule has 2 saturated heterocycles. The highest BCUT2D eigenvalue weighted by atomic mass is 35.5. The van der Waals surface area contributed by atoms with Gasteiger partial charge in [0.15, 0.2) is 0 Å². The van der Waals surface area contributed by atoms with Crippen molar-refractivity contribution in [2.75, 3.05) is 44.2 Å². The number of hydrogen-bond acceptors (Lipinski definition) is 5. The molecule has 206 valence electrons. The first-order chi connectivity index (χ1) is 18.8. The topological polar surface area (TPSA) is 51.7 Å². The lowest BCUT2D eigenvalue weighted by atomic mass is 10.0. The highest BCUT2D eigenvalue weighted by molar-refractivity contribution is 6.34. The van der Waals surface area contributed by atoms with Gasteiger partial charge in [-0.2, -0.15) is 0 Å². The monoisotopic (exact) mass is 589 g/mol. The van der Waals surface area contributed by atoms with Gasteiger partial charge in [-0.15, -0.1) is 0 Å². The second-order valence-electron chi connectivity index (χ2n) is 10.1. The molecule has 3 heterocycles. The Morgan fingerprint density at radius 1 is 0.897 bits per heavy atom. The zero-order valence-corrected chi connectivity index (χ0v) is 23.8. The molecule has 1 N–H and O–H groups in total. The molecule has 6 nitrogen and oxygen atoms in total. The summed E-state index contributed by atoms with van der Waals surface area (Å²) in [5.74, 6) is 0.261. The van der Waals surface area contributed by atoms with Crippen LogP contribution in [-0.4, -0.2) is 66.0 Å². The average molecular weight is 591 g/mol. The van der Waals surface area contributed by atoms with Crippen molar-refractivity contribution in [2.45, 2.75) is 32.0 Å². The minimum atomic E-state index is -0.261. The van der Waals surface area contributed by atoms with Gasteiger partial charge in [0.05, 0.1) is 10.6 Å². The lowest BCUT2D eigenvalue weighted by Gasteiger charge is -2.43. The van der Waals surface area contributed by atoms with Crippen molar-refractivity contribution in [1.29, 1.82) is 0 Å². The van der Waals surface area contributed by atoms with E-state index in [2.05, 4.69) is 25.0 Å². The van der Waals surface area contributed by atoms with E-state index in [1.165, 1.54) is 12.1 Å². The Labute approximate surface area is 243 Å². The molecule has 2 aliphatic rings. The van der Waals surface area contributed by atoms with E-state index < -0.39 is 0 Å². The summed E-state index contributed by atoms with van der Waals surface area (Å²) in [5.41, 5.74) is 2.37. The van der Waals surface area contributed by atoms with Gasteiger partial charge in [0.25, 0.3) is 5.91 Å². The maximum absolute atomic E-state index is 13.2. The second kappa shape index (κ2) is 12.8. The summed E-state index contributed by atoms with van der Waals surface area (Å²) >= 11 is 18.7. The van der Waals surface area contributed by atoms with Crippen LogP contribution in [0.5, 0.6) is 0 Å². The minimum absolute atomic E-state index is 0.189. The van der Waals surface area contributed by atoms with Gasteiger partial charge < -0.3 is 10.2 Å². The van der Waals surface area contributed by atoms with Crippen LogP contribution in [0.15, 0.2) is 54.7 Å². The largest absolute Gasteiger partial charge is 0.353 e. The summed E-state index contributed by atoms with van der Waals surface area (Å²) in [6, 6.07) is 14.2. The molecule has 39 heavy (non-hydrogen) atoms. The van der Waals surface area contributed by atoms with Gasteiger partial charge in [-0.25, -0.2) is 9.37 Å². The number of piperazine rings is 1. The third-order valence-corrected chi connectivity index (χ3v) is 8.18. The van der Waals surface area contributed by atoms with Gasteiger partial charge in [-0.3, -0.25) is 14.6 Å². The number of nitrogens with zero attached hydrogens (tertiary/aromatic N) is 4. The standard InChI is InChI=1S/C29H31Cl3FN5O/c30-23-13-21(14-24(31)16-23)17-35-29(39)22-15-27(32)28(34-18-22)38-11-9-37(10-12-38)26-5-7-36(8-6-26)19-20-1-3-25(33)4-2-20/h1-4,13-16,18,26H,5-12,17,19H2,(H,35,39). The second-order valence-corrected chi connectivity index (χ2v) is 11.4. The summed E-state index contributed by atoms with van der Waals surface area (Å²) < 4.78 is 13.2. The summed E-state index contributed by atoms with van der Waals surface area (Å²) in [6.07, 6.45) is 3.83.